The minimum atomic E-state index is -0.779. The van der Waals surface area contributed by atoms with Crippen molar-refractivity contribution in [3.8, 4) is 38.6 Å². The summed E-state index contributed by atoms with van der Waals surface area (Å²) in [6.07, 6.45) is 1.09. The number of carbonyl (C=O) groups excluding carboxylic acids is 2. The zero-order valence-electron chi connectivity index (χ0n) is 28.6. The minimum absolute atomic E-state index is 0.103. The number of aromatic hydroxyl groups is 1. The molecule has 50 heavy (non-hydrogen) atoms. The number of amides is 2. The molecule has 0 bridgehead atoms. The minimum Gasteiger partial charge on any atom is -0.507 e. The number of phenols is 1. The number of rotatable bonds is 10. The van der Waals surface area contributed by atoms with Crippen molar-refractivity contribution in [2.45, 2.75) is 65.4 Å². The maximum Gasteiger partial charge on any atom is 0.243 e. The van der Waals surface area contributed by atoms with Gasteiger partial charge in [-0.3, -0.25) is 9.59 Å². The van der Waals surface area contributed by atoms with Gasteiger partial charge >= 0.3 is 0 Å². The molecule has 258 valence electrons. The summed E-state index contributed by atoms with van der Waals surface area (Å²) in [7, 11) is 0. The molecule has 4 N–H and O–H groups in total. The van der Waals surface area contributed by atoms with Crippen LogP contribution in [0.25, 0.3) is 32.8 Å². The van der Waals surface area contributed by atoms with Gasteiger partial charge in [0, 0.05) is 37.2 Å². The van der Waals surface area contributed by atoms with Gasteiger partial charge in [0.05, 0.1) is 40.1 Å². The topological polar surface area (TPSA) is 141 Å². The summed E-state index contributed by atoms with van der Waals surface area (Å²) in [5.74, 6) is -0.353. The van der Waals surface area contributed by atoms with Crippen LogP contribution in [-0.2, 0) is 22.7 Å². The molecule has 0 unspecified atom stereocenters. The van der Waals surface area contributed by atoms with E-state index in [1.54, 1.807) is 35.7 Å². The lowest BCUT2D eigenvalue weighted by atomic mass is 9.85. The number of para-hydroxylation sites is 1. The average Bonchev–Trinajstić information content (AvgIpc) is 3.72. The van der Waals surface area contributed by atoms with Gasteiger partial charge in [-0.05, 0) is 52.8 Å². The number of carbonyl (C=O) groups is 2. The van der Waals surface area contributed by atoms with Gasteiger partial charge in [-0.2, -0.15) is 10.2 Å². The molecule has 3 atom stereocenters. The van der Waals surface area contributed by atoms with Crippen LogP contribution in [0.2, 0.25) is 0 Å². The first kappa shape index (κ1) is 34.9. The third kappa shape index (κ3) is 7.91. The molecule has 1 fully saturated rings. The number of benzene rings is 3. The number of likely N-dealkylation sites (tertiary alicyclic amines) is 1. The van der Waals surface area contributed by atoms with E-state index in [1.165, 1.54) is 4.90 Å². The number of aliphatic hydroxyl groups excluding tert-OH is 1. The molecule has 0 saturated carbocycles. The second kappa shape index (κ2) is 14.9. The van der Waals surface area contributed by atoms with Crippen LogP contribution in [0.3, 0.4) is 0 Å². The number of aromatic nitrogens is 3. The van der Waals surface area contributed by atoms with Crippen LogP contribution in [0, 0.1) is 12.3 Å². The highest BCUT2D eigenvalue weighted by Crippen LogP contribution is 2.31. The zero-order valence-corrected chi connectivity index (χ0v) is 29.4. The van der Waals surface area contributed by atoms with Crippen molar-refractivity contribution in [2.24, 2.45) is 5.41 Å². The molecule has 3 aromatic carbocycles. The van der Waals surface area contributed by atoms with Gasteiger partial charge < -0.3 is 25.7 Å². The van der Waals surface area contributed by atoms with Crippen molar-refractivity contribution in [1.82, 2.24) is 30.7 Å². The lowest BCUT2D eigenvalue weighted by Crippen LogP contribution is -2.56. The molecule has 11 heteroatoms. The Bertz CT molecular complexity index is 1950. The Morgan fingerprint density at radius 2 is 1.64 bits per heavy atom. The standard InChI is InChI=1S/C39H42N6O4S/c1-24-35(50-23-42-24)28-15-11-26(12-16-28)20-41-37(48)33-18-30(46)22-45(33)38(49)36(39(2,3)4)40-19-25-9-13-27(14-10-25)29-17-32(44-43-21-29)31-7-5-6-8-34(31)47/h5-17,21,23,30,33,36,40,46-47H,18-20,22H2,1-4H3,(H,41,48)/t30-,33+,36-/m1/s1. The number of thiazole rings is 1. The van der Waals surface area contributed by atoms with E-state index in [2.05, 4.69) is 25.8 Å². The van der Waals surface area contributed by atoms with Crippen molar-refractivity contribution in [3.63, 3.8) is 0 Å². The largest absolute Gasteiger partial charge is 0.507 e. The Balaban J connectivity index is 1.09. The molecule has 0 spiro atoms. The highest BCUT2D eigenvalue weighted by molar-refractivity contribution is 7.13. The summed E-state index contributed by atoms with van der Waals surface area (Å²) in [4.78, 5) is 34.5. The van der Waals surface area contributed by atoms with Crippen molar-refractivity contribution in [2.75, 3.05) is 6.54 Å². The normalized spacial score (nSPS) is 16.7. The maximum absolute atomic E-state index is 14.1. The van der Waals surface area contributed by atoms with Crippen LogP contribution in [0.15, 0.2) is 90.6 Å². The van der Waals surface area contributed by atoms with Crippen molar-refractivity contribution >= 4 is 23.2 Å². The number of aliphatic hydroxyl groups is 1. The van der Waals surface area contributed by atoms with Crippen LogP contribution >= 0.6 is 11.3 Å². The molecular formula is C39H42N6O4S. The number of aryl methyl sites for hydroxylation is 1. The summed E-state index contributed by atoms with van der Waals surface area (Å²) >= 11 is 1.59. The van der Waals surface area contributed by atoms with E-state index in [9.17, 15) is 19.8 Å². The second-order valence-corrected chi connectivity index (χ2v) is 14.7. The number of hydrogen-bond acceptors (Lipinski definition) is 9. The van der Waals surface area contributed by atoms with Gasteiger partial charge in [-0.15, -0.1) is 11.3 Å². The predicted molar refractivity (Wildman–Crippen MR) is 195 cm³/mol. The molecule has 1 saturated heterocycles. The molecule has 0 aliphatic carbocycles. The third-order valence-electron chi connectivity index (χ3n) is 9.04. The average molecular weight is 691 g/mol. The monoisotopic (exact) mass is 690 g/mol. The Morgan fingerprint density at radius 3 is 2.30 bits per heavy atom. The first-order valence-electron chi connectivity index (χ1n) is 16.7. The molecule has 1 aliphatic heterocycles. The summed E-state index contributed by atoms with van der Waals surface area (Å²) in [6, 6.07) is 23.5. The van der Waals surface area contributed by atoms with Gasteiger partial charge in [0.1, 0.15) is 11.8 Å². The van der Waals surface area contributed by atoms with Crippen molar-refractivity contribution < 1.29 is 19.8 Å². The summed E-state index contributed by atoms with van der Waals surface area (Å²) in [5.41, 5.74) is 8.34. The maximum atomic E-state index is 14.1. The van der Waals surface area contributed by atoms with E-state index >= 15 is 0 Å². The van der Waals surface area contributed by atoms with Gasteiger partial charge in [-0.25, -0.2) is 4.98 Å². The Labute approximate surface area is 296 Å². The summed E-state index contributed by atoms with van der Waals surface area (Å²) < 4.78 is 0. The molecule has 3 heterocycles. The van der Waals surface area contributed by atoms with Crippen LogP contribution < -0.4 is 10.6 Å². The number of β-amino-alcohol motifs (C(OH)–C–C–N with tert-alkyl or cyclic N) is 1. The van der Waals surface area contributed by atoms with Crippen LogP contribution in [-0.4, -0.2) is 66.8 Å². The number of hydrogen-bond donors (Lipinski definition) is 4. The fourth-order valence-corrected chi connectivity index (χ4v) is 7.09. The van der Waals surface area contributed by atoms with Gasteiger partial charge in [0.15, 0.2) is 0 Å². The van der Waals surface area contributed by atoms with Crippen molar-refractivity contribution in [3.05, 3.63) is 107 Å². The predicted octanol–water partition coefficient (Wildman–Crippen LogP) is 5.73. The molecule has 5 aromatic rings. The van der Waals surface area contributed by atoms with E-state index in [4.69, 9.17) is 0 Å². The van der Waals surface area contributed by atoms with Crippen LogP contribution in [0.4, 0.5) is 0 Å². The summed E-state index contributed by atoms with van der Waals surface area (Å²) in [6.45, 7) is 8.80. The Hall–Kier alpha value is -4.97. The quantitative estimate of drug-likeness (QED) is 0.146. The molecule has 10 nitrogen and oxygen atoms in total. The molecule has 6 rings (SSSR count). The molecule has 2 aromatic heterocycles. The first-order chi connectivity index (χ1) is 24.0. The van der Waals surface area contributed by atoms with E-state index in [-0.39, 0.29) is 30.5 Å². The van der Waals surface area contributed by atoms with E-state index in [0.29, 0.717) is 24.3 Å². The fourth-order valence-electron chi connectivity index (χ4n) is 6.28. The number of nitrogens with one attached hydrogen (secondary N) is 2. The van der Waals surface area contributed by atoms with Gasteiger partial charge in [-0.1, -0.05) is 81.4 Å². The molecule has 0 radical (unpaired) electrons. The summed E-state index contributed by atoms with van der Waals surface area (Å²) in [5, 5.41) is 35.6. The number of phenolic OH excluding ortho intramolecular Hbond substituents is 1. The van der Waals surface area contributed by atoms with E-state index in [1.807, 2.05) is 93.9 Å². The number of nitrogens with zero attached hydrogens (tertiary/aromatic N) is 4. The molecule has 1 aliphatic rings. The Morgan fingerprint density at radius 1 is 0.960 bits per heavy atom. The van der Waals surface area contributed by atoms with E-state index in [0.717, 1.165) is 38.4 Å². The van der Waals surface area contributed by atoms with Gasteiger partial charge in [0.2, 0.25) is 11.8 Å². The lowest BCUT2D eigenvalue weighted by Gasteiger charge is -2.35. The third-order valence-corrected chi connectivity index (χ3v) is 10.0. The van der Waals surface area contributed by atoms with Crippen molar-refractivity contribution in [1.29, 1.82) is 0 Å². The van der Waals surface area contributed by atoms with Crippen LogP contribution in [0.5, 0.6) is 5.75 Å². The first-order valence-corrected chi connectivity index (χ1v) is 17.6. The van der Waals surface area contributed by atoms with Gasteiger partial charge in [0.25, 0.3) is 0 Å². The van der Waals surface area contributed by atoms with Crippen LogP contribution in [0.1, 0.15) is 44.0 Å². The molecular weight excluding hydrogens is 649 g/mol. The molecule has 2 amide bonds. The fraction of sp³-hybridized carbons (Fsp3) is 0.308. The SMILES string of the molecule is Cc1ncsc1-c1ccc(CNC(=O)[C@@H]2C[C@@H](O)CN2C(=O)[C@@H](NCc2ccc(-c3cnnc(-c4ccccc4O)c3)cc2)C(C)(C)C)cc1. The highest BCUT2D eigenvalue weighted by Gasteiger charge is 2.43. The van der Waals surface area contributed by atoms with E-state index < -0.39 is 23.6 Å². The lowest BCUT2D eigenvalue weighted by molar-refractivity contribution is -0.142. The smallest absolute Gasteiger partial charge is 0.243 e. The zero-order chi connectivity index (χ0) is 35.4. The second-order valence-electron chi connectivity index (χ2n) is 13.8. The highest BCUT2D eigenvalue weighted by atomic mass is 32.1. The Kier molecular flexibility index (Phi) is 10.4.